The number of anilines is 2. The quantitative estimate of drug-likeness (QED) is 0.729. The van der Waals surface area contributed by atoms with Gasteiger partial charge in [0.05, 0.1) is 18.0 Å². The molecule has 1 heterocycles. The summed E-state index contributed by atoms with van der Waals surface area (Å²) in [4.78, 5) is 0. The van der Waals surface area contributed by atoms with E-state index in [0.29, 0.717) is 5.92 Å². The zero-order chi connectivity index (χ0) is 10.7. The van der Waals surface area contributed by atoms with Crippen LogP contribution in [0.2, 0.25) is 0 Å². The molecule has 15 heavy (non-hydrogen) atoms. The monoisotopic (exact) mass is 206 g/mol. The third-order valence-corrected chi connectivity index (χ3v) is 2.98. The summed E-state index contributed by atoms with van der Waals surface area (Å²) in [6.07, 6.45) is 2.33. The largest absolute Gasteiger partial charge is 0.397 e. The Balaban J connectivity index is 2.29. The minimum atomic E-state index is 0.490. The number of hydrogen-bond acceptors (Lipinski definition) is 3. The first-order valence-electron chi connectivity index (χ1n) is 5.47. The first kappa shape index (κ1) is 10.3. The summed E-state index contributed by atoms with van der Waals surface area (Å²) in [5, 5.41) is 3.18. The second-order valence-electron chi connectivity index (χ2n) is 3.98. The molecule has 82 valence electrons. The molecule has 1 fully saturated rings. The van der Waals surface area contributed by atoms with Crippen molar-refractivity contribution in [2.45, 2.75) is 18.8 Å². The van der Waals surface area contributed by atoms with Crippen LogP contribution < -0.4 is 11.1 Å². The van der Waals surface area contributed by atoms with Gasteiger partial charge < -0.3 is 15.8 Å². The van der Waals surface area contributed by atoms with E-state index in [9.17, 15) is 0 Å². The minimum absolute atomic E-state index is 0.490. The van der Waals surface area contributed by atoms with Crippen LogP contribution in [-0.4, -0.2) is 20.3 Å². The molecule has 0 unspecified atom stereocenters. The van der Waals surface area contributed by atoms with Gasteiger partial charge in [-0.1, -0.05) is 12.1 Å². The first-order valence-corrected chi connectivity index (χ1v) is 5.47. The van der Waals surface area contributed by atoms with Crippen molar-refractivity contribution in [3.05, 3.63) is 23.8 Å². The van der Waals surface area contributed by atoms with Gasteiger partial charge in [0.15, 0.2) is 0 Å². The molecule has 2 rings (SSSR count). The molecule has 3 nitrogen and oxygen atoms in total. The molecular weight excluding hydrogens is 188 g/mol. The van der Waals surface area contributed by atoms with Crippen LogP contribution in [0, 0.1) is 0 Å². The lowest BCUT2D eigenvalue weighted by molar-refractivity contribution is 0.0806. The van der Waals surface area contributed by atoms with E-state index < -0.39 is 0 Å². The van der Waals surface area contributed by atoms with Crippen molar-refractivity contribution in [1.29, 1.82) is 0 Å². The van der Waals surface area contributed by atoms with Crippen molar-refractivity contribution in [1.82, 2.24) is 0 Å². The van der Waals surface area contributed by atoms with Crippen molar-refractivity contribution in [2.24, 2.45) is 0 Å². The van der Waals surface area contributed by atoms with Crippen LogP contribution in [0.5, 0.6) is 0 Å². The maximum atomic E-state index is 5.94. The Hall–Kier alpha value is -1.22. The summed E-state index contributed by atoms with van der Waals surface area (Å²) in [5.41, 5.74) is 9.11. The molecule has 1 aromatic rings. The maximum Gasteiger partial charge on any atom is 0.0607 e. The van der Waals surface area contributed by atoms with E-state index in [4.69, 9.17) is 10.5 Å². The molecule has 1 atom stereocenters. The Kier molecular flexibility index (Phi) is 3.11. The van der Waals surface area contributed by atoms with Gasteiger partial charge in [0.1, 0.15) is 0 Å². The minimum Gasteiger partial charge on any atom is -0.397 e. The number of nitrogens with one attached hydrogen (secondary N) is 1. The van der Waals surface area contributed by atoms with Crippen LogP contribution in [0.25, 0.3) is 0 Å². The molecule has 3 N–H and O–H groups in total. The van der Waals surface area contributed by atoms with Gasteiger partial charge in [0, 0.05) is 19.6 Å². The van der Waals surface area contributed by atoms with E-state index in [1.54, 1.807) is 0 Å². The van der Waals surface area contributed by atoms with E-state index in [0.717, 1.165) is 31.0 Å². The second kappa shape index (κ2) is 4.53. The molecule has 0 bridgehead atoms. The molecule has 0 spiro atoms. The lowest BCUT2D eigenvalue weighted by atomic mass is 9.91. The van der Waals surface area contributed by atoms with Crippen molar-refractivity contribution in [2.75, 3.05) is 31.3 Å². The summed E-state index contributed by atoms with van der Waals surface area (Å²) in [6, 6.07) is 6.08. The number of nitrogen functional groups attached to an aromatic ring is 1. The number of benzene rings is 1. The zero-order valence-electron chi connectivity index (χ0n) is 9.12. The van der Waals surface area contributed by atoms with E-state index in [2.05, 4.69) is 11.4 Å². The highest BCUT2D eigenvalue weighted by Gasteiger charge is 2.19. The third-order valence-electron chi connectivity index (χ3n) is 2.98. The third kappa shape index (κ3) is 2.07. The summed E-state index contributed by atoms with van der Waals surface area (Å²) in [7, 11) is 1.92. The highest BCUT2D eigenvalue weighted by molar-refractivity contribution is 5.70. The maximum absolute atomic E-state index is 5.94. The average Bonchev–Trinajstić information content (AvgIpc) is 2.30. The fourth-order valence-electron chi connectivity index (χ4n) is 2.20. The van der Waals surface area contributed by atoms with Crippen molar-refractivity contribution in [3.63, 3.8) is 0 Å². The number of rotatable bonds is 2. The molecule has 0 saturated carbocycles. The molecule has 1 aliphatic rings. The molecule has 1 saturated heterocycles. The van der Waals surface area contributed by atoms with Gasteiger partial charge in [-0.2, -0.15) is 0 Å². The van der Waals surface area contributed by atoms with Crippen LogP contribution in [0.4, 0.5) is 11.4 Å². The van der Waals surface area contributed by atoms with Gasteiger partial charge in [0.2, 0.25) is 0 Å². The number of para-hydroxylation sites is 1. The van der Waals surface area contributed by atoms with Gasteiger partial charge in [0.25, 0.3) is 0 Å². The normalized spacial score (nSPS) is 21.3. The van der Waals surface area contributed by atoms with E-state index in [-0.39, 0.29) is 0 Å². The van der Waals surface area contributed by atoms with Crippen LogP contribution in [0.15, 0.2) is 18.2 Å². The first-order chi connectivity index (χ1) is 7.33. The van der Waals surface area contributed by atoms with Gasteiger partial charge in [-0.15, -0.1) is 0 Å². The SMILES string of the molecule is CNc1c(N)cccc1[C@H]1CCCOC1. The van der Waals surface area contributed by atoms with Gasteiger partial charge >= 0.3 is 0 Å². The molecular formula is C12H18N2O. The number of hydrogen-bond donors (Lipinski definition) is 2. The highest BCUT2D eigenvalue weighted by atomic mass is 16.5. The Morgan fingerprint density at radius 2 is 2.33 bits per heavy atom. The zero-order valence-corrected chi connectivity index (χ0v) is 9.12. The fourth-order valence-corrected chi connectivity index (χ4v) is 2.20. The summed E-state index contributed by atoms with van der Waals surface area (Å²) in [6.45, 7) is 1.71. The smallest absolute Gasteiger partial charge is 0.0607 e. The Morgan fingerprint density at radius 3 is 3.00 bits per heavy atom. The van der Waals surface area contributed by atoms with E-state index in [1.807, 2.05) is 19.2 Å². The lowest BCUT2D eigenvalue weighted by Gasteiger charge is -2.25. The Morgan fingerprint density at radius 1 is 1.47 bits per heavy atom. The van der Waals surface area contributed by atoms with Crippen LogP contribution in [0.1, 0.15) is 24.3 Å². The number of nitrogens with two attached hydrogens (primary N) is 1. The van der Waals surface area contributed by atoms with Crippen LogP contribution in [0.3, 0.4) is 0 Å². The van der Waals surface area contributed by atoms with E-state index in [1.165, 1.54) is 12.0 Å². The van der Waals surface area contributed by atoms with Gasteiger partial charge in [-0.25, -0.2) is 0 Å². The second-order valence-corrected chi connectivity index (χ2v) is 3.98. The predicted molar refractivity (Wildman–Crippen MR) is 63.2 cm³/mol. The van der Waals surface area contributed by atoms with Crippen molar-refractivity contribution < 1.29 is 4.74 Å². The summed E-state index contributed by atoms with van der Waals surface area (Å²) >= 11 is 0. The number of ether oxygens (including phenoxy) is 1. The fraction of sp³-hybridized carbons (Fsp3) is 0.500. The topological polar surface area (TPSA) is 47.3 Å². The molecule has 0 radical (unpaired) electrons. The predicted octanol–water partition coefficient (Wildman–Crippen LogP) is 2.20. The summed E-state index contributed by atoms with van der Waals surface area (Å²) < 4.78 is 5.51. The van der Waals surface area contributed by atoms with Crippen LogP contribution >= 0.6 is 0 Å². The van der Waals surface area contributed by atoms with E-state index >= 15 is 0 Å². The molecule has 0 aliphatic carbocycles. The molecule has 1 aromatic carbocycles. The van der Waals surface area contributed by atoms with Crippen LogP contribution in [-0.2, 0) is 4.74 Å². The molecule has 1 aliphatic heterocycles. The lowest BCUT2D eigenvalue weighted by Crippen LogP contribution is -2.17. The Labute approximate surface area is 90.6 Å². The van der Waals surface area contributed by atoms with Gasteiger partial charge in [-0.3, -0.25) is 0 Å². The average molecular weight is 206 g/mol. The molecule has 0 aromatic heterocycles. The van der Waals surface area contributed by atoms with Gasteiger partial charge in [-0.05, 0) is 24.5 Å². The molecule has 3 heteroatoms. The highest BCUT2D eigenvalue weighted by Crippen LogP contribution is 2.33. The Bertz CT molecular complexity index is 332. The summed E-state index contributed by atoms with van der Waals surface area (Å²) in [5.74, 6) is 0.490. The standard InChI is InChI=1S/C12H18N2O/c1-14-12-10(5-2-6-11(12)13)9-4-3-7-15-8-9/h2,5-6,9,14H,3-4,7-8,13H2,1H3/t9-/m0/s1. The molecule has 0 amide bonds. The van der Waals surface area contributed by atoms with Crippen molar-refractivity contribution >= 4 is 11.4 Å². The van der Waals surface area contributed by atoms with Crippen molar-refractivity contribution in [3.8, 4) is 0 Å².